The fourth-order valence-electron chi connectivity index (χ4n) is 4.05. The van der Waals surface area contributed by atoms with Crippen LogP contribution < -0.4 is 0 Å². The molecule has 1 aliphatic heterocycles. The number of halogens is 2. The maximum absolute atomic E-state index is 14.7. The quantitative estimate of drug-likeness (QED) is 0.694. The number of aryl methyl sites for hydroxylation is 3. The lowest BCUT2D eigenvalue weighted by Gasteiger charge is -2.31. The van der Waals surface area contributed by atoms with Gasteiger partial charge in [-0.1, -0.05) is 6.07 Å². The molecule has 4 rings (SSSR count). The van der Waals surface area contributed by atoms with Gasteiger partial charge in [-0.25, -0.2) is 8.78 Å². The number of hydrogen-bond donors (Lipinski definition) is 0. The van der Waals surface area contributed by atoms with E-state index in [2.05, 4.69) is 34.5 Å². The van der Waals surface area contributed by atoms with E-state index < -0.39 is 11.6 Å². The highest BCUT2D eigenvalue weighted by Crippen LogP contribution is 2.38. The van der Waals surface area contributed by atoms with Gasteiger partial charge in [0.25, 0.3) is 0 Å². The smallest absolute Gasteiger partial charge is 0.150 e. The highest BCUT2D eigenvalue weighted by molar-refractivity contribution is 5.87. The summed E-state index contributed by atoms with van der Waals surface area (Å²) in [5.74, 6) is -0.996. The third-order valence-corrected chi connectivity index (χ3v) is 5.60. The monoisotopic (exact) mass is 355 g/mol. The van der Waals surface area contributed by atoms with Crippen LogP contribution in [0.5, 0.6) is 0 Å². The summed E-state index contributed by atoms with van der Waals surface area (Å²) in [5.41, 5.74) is 4.83. The van der Waals surface area contributed by atoms with Gasteiger partial charge in [0.1, 0.15) is 11.6 Å². The van der Waals surface area contributed by atoms with E-state index in [1.165, 1.54) is 6.07 Å². The second kappa shape index (κ2) is 6.47. The Labute approximate surface area is 152 Å². The number of nitrogens with zero attached hydrogens (tertiary/aromatic N) is 3. The van der Waals surface area contributed by atoms with E-state index in [1.807, 2.05) is 19.2 Å². The first-order valence-corrected chi connectivity index (χ1v) is 9.07. The molecule has 0 fully saturated rings. The Bertz CT molecular complexity index is 960. The fraction of sp³-hybridized carbons (Fsp3) is 0.381. The lowest BCUT2D eigenvalue weighted by molar-refractivity contribution is 0.245. The molecule has 1 atom stereocenters. The largest absolute Gasteiger partial charge is 0.341 e. The normalized spacial score (nSPS) is 17.7. The van der Waals surface area contributed by atoms with Crippen molar-refractivity contribution in [3.63, 3.8) is 0 Å². The highest BCUT2D eigenvalue weighted by Gasteiger charge is 2.29. The van der Waals surface area contributed by atoms with Crippen LogP contribution in [0.2, 0.25) is 0 Å². The Morgan fingerprint density at radius 2 is 2.04 bits per heavy atom. The zero-order valence-corrected chi connectivity index (χ0v) is 15.4. The molecule has 1 aromatic carbocycles. The molecule has 5 heteroatoms. The molecular weight excluding hydrogens is 332 g/mol. The van der Waals surface area contributed by atoms with Crippen LogP contribution in [-0.4, -0.2) is 28.0 Å². The van der Waals surface area contributed by atoms with Crippen LogP contribution in [0.15, 0.2) is 30.5 Å². The number of hydrogen-bond acceptors (Lipinski definition) is 2. The molecule has 0 bridgehead atoms. The van der Waals surface area contributed by atoms with E-state index >= 15 is 0 Å². The van der Waals surface area contributed by atoms with E-state index in [0.29, 0.717) is 17.4 Å². The van der Waals surface area contributed by atoms with Crippen LogP contribution in [0, 0.1) is 18.6 Å². The van der Waals surface area contributed by atoms with Gasteiger partial charge < -0.3 is 4.57 Å². The van der Waals surface area contributed by atoms with Crippen LogP contribution in [0.3, 0.4) is 0 Å². The summed E-state index contributed by atoms with van der Waals surface area (Å²) < 4.78 is 30.7. The molecule has 0 aliphatic carbocycles. The summed E-state index contributed by atoms with van der Waals surface area (Å²) in [6.45, 7) is 5.64. The Balaban J connectivity index is 1.82. The van der Waals surface area contributed by atoms with Crippen molar-refractivity contribution in [3.8, 4) is 0 Å². The zero-order valence-electron chi connectivity index (χ0n) is 15.4. The molecule has 1 unspecified atom stereocenters. The lowest BCUT2D eigenvalue weighted by Crippen LogP contribution is -2.31. The van der Waals surface area contributed by atoms with Crippen molar-refractivity contribution in [2.45, 2.75) is 39.3 Å². The van der Waals surface area contributed by atoms with Crippen LogP contribution in [-0.2, 0) is 19.4 Å². The van der Waals surface area contributed by atoms with Crippen LogP contribution in [0.1, 0.15) is 35.5 Å². The average molecular weight is 355 g/mol. The van der Waals surface area contributed by atoms with Crippen LogP contribution in [0.25, 0.3) is 10.9 Å². The van der Waals surface area contributed by atoms with Crippen LogP contribution in [0.4, 0.5) is 8.78 Å². The molecule has 0 saturated carbocycles. The van der Waals surface area contributed by atoms with Gasteiger partial charge in [0.15, 0.2) is 0 Å². The summed E-state index contributed by atoms with van der Waals surface area (Å²) in [7, 11) is 2.06. The summed E-state index contributed by atoms with van der Waals surface area (Å²) in [5, 5.41) is 0.707. The Kier molecular flexibility index (Phi) is 4.27. The van der Waals surface area contributed by atoms with Crippen molar-refractivity contribution in [2.24, 2.45) is 0 Å². The van der Waals surface area contributed by atoms with Crippen molar-refractivity contribution in [1.29, 1.82) is 0 Å². The number of rotatable bonds is 3. The molecule has 0 amide bonds. The van der Waals surface area contributed by atoms with Gasteiger partial charge in [0, 0.05) is 54.6 Å². The maximum Gasteiger partial charge on any atom is 0.150 e. The molecule has 1 aliphatic rings. The van der Waals surface area contributed by atoms with Gasteiger partial charge in [-0.05, 0) is 50.6 Å². The van der Waals surface area contributed by atoms with Crippen molar-refractivity contribution < 1.29 is 8.78 Å². The molecule has 3 heterocycles. The lowest BCUT2D eigenvalue weighted by atomic mass is 9.97. The van der Waals surface area contributed by atoms with Crippen molar-refractivity contribution in [3.05, 3.63) is 64.6 Å². The molecule has 3 aromatic rings. The second-order valence-electron chi connectivity index (χ2n) is 7.26. The minimum Gasteiger partial charge on any atom is -0.341 e. The van der Waals surface area contributed by atoms with Crippen LogP contribution >= 0.6 is 0 Å². The van der Waals surface area contributed by atoms with Gasteiger partial charge in [0.2, 0.25) is 0 Å². The highest BCUT2D eigenvalue weighted by atomic mass is 19.1. The van der Waals surface area contributed by atoms with E-state index in [9.17, 15) is 8.78 Å². The van der Waals surface area contributed by atoms with Crippen molar-refractivity contribution in [2.75, 3.05) is 13.6 Å². The first-order valence-electron chi connectivity index (χ1n) is 9.07. The zero-order chi connectivity index (χ0) is 18.4. The molecule has 0 radical (unpaired) electrons. The summed E-state index contributed by atoms with van der Waals surface area (Å²) in [6, 6.07) is 6.67. The molecule has 3 nitrogen and oxygen atoms in total. The molecule has 2 aromatic heterocycles. The third kappa shape index (κ3) is 2.80. The van der Waals surface area contributed by atoms with Gasteiger partial charge in [-0.3, -0.25) is 9.88 Å². The Hall–Kier alpha value is -2.27. The van der Waals surface area contributed by atoms with Crippen molar-refractivity contribution in [1.82, 2.24) is 14.5 Å². The predicted octanol–water partition coefficient (Wildman–Crippen LogP) is 4.41. The predicted molar refractivity (Wildman–Crippen MR) is 99.3 cm³/mol. The van der Waals surface area contributed by atoms with Gasteiger partial charge in [-0.15, -0.1) is 0 Å². The molecular formula is C21H23F2N3. The minimum absolute atomic E-state index is 0.143. The summed E-state index contributed by atoms with van der Waals surface area (Å²) >= 11 is 0. The Morgan fingerprint density at radius 1 is 1.23 bits per heavy atom. The average Bonchev–Trinajstić information content (AvgIpc) is 2.92. The van der Waals surface area contributed by atoms with E-state index in [-0.39, 0.29) is 6.04 Å². The minimum atomic E-state index is -0.516. The Morgan fingerprint density at radius 3 is 2.77 bits per heavy atom. The third-order valence-electron chi connectivity index (χ3n) is 5.60. The number of pyridine rings is 1. The number of benzene rings is 1. The molecule has 136 valence electrons. The first kappa shape index (κ1) is 17.2. The molecule has 0 N–H and O–H groups in total. The van der Waals surface area contributed by atoms with E-state index in [1.54, 1.807) is 0 Å². The summed E-state index contributed by atoms with van der Waals surface area (Å²) in [4.78, 5) is 6.58. The maximum atomic E-state index is 14.7. The topological polar surface area (TPSA) is 21.1 Å². The second-order valence-corrected chi connectivity index (χ2v) is 7.26. The molecule has 0 spiro atoms. The SMILES string of the molecule is Cc1ccc(CCn2c3c(c4cc(F)cc(F)c42)C(C)N(C)CC3)cn1. The first-order chi connectivity index (χ1) is 12.5. The molecule has 0 saturated heterocycles. The van der Waals surface area contributed by atoms with Gasteiger partial charge in [-0.2, -0.15) is 0 Å². The van der Waals surface area contributed by atoms with E-state index in [4.69, 9.17) is 0 Å². The number of likely N-dealkylation sites (N-methyl/N-ethyl adjacent to an activating group) is 1. The number of fused-ring (bicyclic) bond motifs is 3. The number of aromatic nitrogens is 2. The fourth-order valence-corrected chi connectivity index (χ4v) is 4.05. The standard InChI is InChI=1S/C21H23F2N3/c1-13-4-5-15(12-24-13)6-9-26-19-7-8-25(3)14(2)20(19)17-10-16(22)11-18(23)21(17)26/h4-5,10-12,14H,6-9H2,1-3H3. The summed E-state index contributed by atoms with van der Waals surface area (Å²) in [6.07, 6.45) is 3.49. The van der Waals surface area contributed by atoms with E-state index in [0.717, 1.165) is 48.0 Å². The van der Waals surface area contributed by atoms with Gasteiger partial charge in [0.05, 0.1) is 5.52 Å². The van der Waals surface area contributed by atoms with Gasteiger partial charge >= 0.3 is 0 Å². The molecule has 26 heavy (non-hydrogen) atoms. The van der Waals surface area contributed by atoms with Crippen molar-refractivity contribution >= 4 is 10.9 Å².